The maximum atomic E-state index is 4.51. The molecule has 1 saturated heterocycles. The van der Waals surface area contributed by atoms with E-state index in [1.165, 1.54) is 50.3 Å². The molecule has 1 aromatic heterocycles. The maximum Gasteiger partial charge on any atom is 0.107 e. The molecule has 1 aliphatic heterocycles. The molecule has 0 spiro atoms. The molecule has 2 rings (SSSR count). The standard InChI is InChI=1S/C14H25N3S/c1-3-7-17-8-4-5-13(6-9-17)15-10-14-16-12(2)11-18-14/h11,13,15H,3-10H2,1-2H3. The summed E-state index contributed by atoms with van der Waals surface area (Å²) in [6, 6.07) is 0.677. The van der Waals surface area contributed by atoms with E-state index in [1.54, 1.807) is 11.3 Å². The molecular formula is C14H25N3S. The van der Waals surface area contributed by atoms with E-state index in [0.717, 1.165) is 12.2 Å². The predicted octanol–water partition coefficient (Wildman–Crippen LogP) is 2.81. The Morgan fingerprint density at radius 2 is 2.33 bits per heavy atom. The summed E-state index contributed by atoms with van der Waals surface area (Å²) in [7, 11) is 0. The van der Waals surface area contributed by atoms with Crippen LogP contribution >= 0.6 is 11.3 Å². The third-order valence-electron chi connectivity index (χ3n) is 3.57. The van der Waals surface area contributed by atoms with Gasteiger partial charge in [-0.05, 0) is 52.2 Å². The summed E-state index contributed by atoms with van der Waals surface area (Å²) in [6.45, 7) is 9.07. The van der Waals surface area contributed by atoms with Gasteiger partial charge in [0.05, 0.1) is 0 Å². The SMILES string of the molecule is CCCN1CCCC(NCc2nc(C)cs2)CC1. The number of nitrogens with zero attached hydrogens (tertiary/aromatic N) is 2. The molecule has 1 atom stereocenters. The molecule has 1 aliphatic rings. The highest BCUT2D eigenvalue weighted by atomic mass is 32.1. The third-order valence-corrected chi connectivity index (χ3v) is 4.54. The van der Waals surface area contributed by atoms with Gasteiger partial charge >= 0.3 is 0 Å². The van der Waals surface area contributed by atoms with Crippen molar-refractivity contribution in [3.05, 3.63) is 16.1 Å². The summed E-state index contributed by atoms with van der Waals surface area (Å²) in [6.07, 6.45) is 5.19. The first-order valence-corrected chi connectivity index (χ1v) is 8.02. The summed E-state index contributed by atoms with van der Waals surface area (Å²) < 4.78 is 0. The van der Waals surface area contributed by atoms with Gasteiger partial charge in [-0.15, -0.1) is 11.3 Å². The minimum absolute atomic E-state index is 0.677. The molecule has 1 N–H and O–H groups in total. The van der Waals surface area contributed by atoms with E-state index in [2.05, 4.69) is 34.4 Å². The molecule has 3 nitrogen and oxygen atoms in total. The number of likely N-dealkylation sites (tertiary alicyclic amines) is 1. The van der Waals surface area contributed by atoms with Gasteiger partial charge in [0, 0.05) is 23.7 Å². The average Bonchev–Trinajstić information content (AvgIpc) is 2.64. The molecule has 0 aromatic carbocycles. The van der Waals surface area contributed by atoms with E-state index >= 15 is 0 Å². The number of aryl methyl sites for hydroxylation is 1. The van der Waals surface area contributed by atoms with E-state index in [0.29, 0.717) is 6.04 Å². The van der Waals surface area contributed by atoms with Crippen LogP contribution in [0.15, 0.2) is 5.38 Å². The molecule has 18 heavy (non-hydrogen) atoms. The molecule has 102 valence electrons. The van der Waals surface area contributed by atoms with Crippen molar-refractivity contribution in [3.8, 4) is 0 Å². The summed E-state index contributed by atoms with van der Waals surface area (Å²) >= 11 is 1.77. The molecular weight excluding hydrogens is 242 g/mol. The van der Waals surface area contributed by atoms with E-state index in [1.807, 2.05) is 0 Å². The molecule has 0 aliphatic carbocycles. The third kappa shape index (κ3) is 4.34. The van der Waals surface area contributed by atoms with Crippen LogP contribution in [0, 0.1) is 6.92 Å². The van der Waals surface area contributed by atoms with E-state index in [4.69, 9.17) is 0 Å². The quantitative estimate of drug-likeness (QED) is 0.889. The monoisotopic (exact) mass is 267 g/mol. The molecule has 0 saturated carbocycles. The Balaban J connectivity index is 1.73. The maximum absolute atomic E-state index is 4.51. The molecule has 1 aromatic rings. The minimum atomic E-state index is 0.677. The molecule has 0 amide bonds. The smallest absolute Gasteiger partial charge is 0.107 e. The lowest BCUT2D eigenvalue weighted by atomic mass is 10.1. The summed E-state index contributed by atoms with van der Waals surface area (Å²) in [5.74, 6) is 0. The Kier molecular flexibility index (Phi) is 5.60. The molecule has 1 fully saturated rings. The highest BCUT2D eigenvalue weighted by molar-refractivity contribution is 7.09. The molecule has 1 unspecified atom stereocenters. The molecule has 2 heterocycles. The number of thiazole rings is 1. The second-order valence-electron chi connectivity index (χ2n) is 5.23. The van der Waals surface area contributed by atoms with Crippen LogP contribution in [0.2, 0.25) is 0 Å². The Morgan fingerprint density at radius 3 is 3.06 bits per heavy atom. The normalized spacial score (nSPS) is 22.0. The number of hydrogen-bond donors (Lipinski definition) is 1. The zero-order valence-corrected chi connectivity index (χ0v) is 12.4. The van der Waals surface area contributed by atoms with Crippen molar-refractivity contribution in [1.29, 1.82) is 0 Å². The van der Waals surface area contributed by atoms with Crippen molar-refractivity contribution < 1.29 is 0 Å². The fraction of sp³-hybridized carbons (Fsp3) is 0.786. The zero-order valence-electron chi connectivity index (χ0n) is 11.6. The van der Waals surface area contributed by atoms with Crippen LogP contribution in [0.5, 0.6) is 0 Å². The molecule has 0 bridgehead atoms. The first kappa shape index (κ1) is 14.0. The van der Waals surface area contributed by atoms with E-state index in [9.17, 15) is 0 Å². The van der Waals surface area contributed by atoms with Crippen molar-refractivity contribution >= 4 is 11.3 Å². The van der Waals surface area contributed by atoms with Gasteiger partial charge in [0.2, 0.25) is 0 Å². The Labute approximate surface area is 115 Å². The summed E-state index contributed by atoms with van der Waals surface area (Å²) in [4.78, 5) is 7.11. The van der Waals surface area contributed by atoms with Crippen molar-refractivity contribution in [1.82, 2.24) is 15.2 Å². The van der Waals surface area contributed by atoms with Gasteiger partial charge < -0.3 is 10.2 Å². The second-order valence-corrected chi connectivity index (χ2v) is 6.18. The topological polar surface area (TPSA) is 28.2 Å². The lowest BCUT2D eigenvalue weighted by molar-refractivity contribution is 0.282. The lowest BCUT2D eigenvalue weighted by Crippen LogP contribution is -2.30. The zero-order chi connectivity index (χ0) is 12.8. The molecule has 0 radical (unpaired) electrons. The number of hydrogen-bond acceptors (Lipinski definition) is 4. The van der Waals surface area contributed by atoms with Crippen molar-refractivity contribution in [3.63, 3.8) is 0 Å². The van der Waals surface area contributed by atoms with Gasteiger partial charge in [-0.2, -0.15) is 0 Å². The highest BCUT2D eigenvalue weighted by Gasteiger charge is 2.16. The number of aromatic nitrogens is 1. The predicted molar refractivity (Wildman–Crippen MR) is 78.1 cm³/mol. The van der Waals surface area contributed by atoms with Crippen molar-refractivity contribution in [2.45, 2.75) is 52.1 Å². The van der Waals surface area contributed by atoms with E-state index < -0.39 is 0 Å². The fourth-order valence-electron chi connectivity index (χ4n) is 2.62. The first-order chi connectivity index (χ1) is 8.78. The van der Waals surface area contributed by atoms with Crippen LogP contribution in [-0.4, -0.2) is 35.6 Å². The van der Waals surface area contributed by atoms with Gasteiger partial charge in [0.25, 0.3) is 0 Å². The highest BCUT2D eigenvalue weighted by Crippen LogP contribution is 2.13. The van der Waals surface area contributed by atoms with Crippen molar-refractivity contribution in [2.75, 3.05) is 19.6 Å². The number of rotatable bonds is 5. The van der Waals surface area contributed by atoms with Crippen LogP contribution in [0.1, 0.15) is 43.3 Å². The first-order valence-electron chi connectivity index (χ1n) is 7.14. The summed E-state index contributed by atoms with van der Waals surface area (Å²) in [5, 5.41) is 7.03. The Bertz CT molecular complexity index is 351. The largest absolute Gasteiger partial charge is 0.308 e. The minimum Gasteiger partial charge on any atom is -0.308 e. The van der Waals surface area contributed by atoms with Gasteiger partial charge in [0.1, 0.15) is 5.01 Å². The molecule has 4 heteroatoms. The second kappa shape index (κ2) is 7.22. The van der Waals surface area contributed by atoms with Crippen LogP contribution < -0.4 is 5.32 Å². The Morgan fingerprint density at radius 1 is 1.44 bits per heavy atom. The fourth-order valence-corrected chi connectivity index (χ4v) is 3.34. The van der Waals surface area contributed by atoms with Gasteiger partial charge in [-0.3, -0.25) is 0 Å². The van der Waals surface area contributed by atoms with Crippen LogP contribution in [0.4, 0.5) is 0 Å². The van der Waals surface area contributed by atoms with Crippen LogP contribution in [0.3, 0.4) is 0 Å². The van der Waals surface area contributed by atoms with Crippen molar-refractivity contribution in [2.24, 2.45) is 0 Å². The Hall–Kier alpha value is -0.450. The van der Waals surface area contributed by atoms with Gasteiger partial charge in [0.15, 0.2) is 0 Å². The van der Waals surface area contributed by atoms with Gasteiger partial charge in [-0.1, -0.05) is 6.92 Å². The van der Waals surface area contributed by atoms with Crippen LogP contribution in [-0.2, 0) is 6.54 Å². The summed E-state index contributed by atoms with van der Waals surface area (Å²) in [5.41, 5.74) is 1.15. The van der Waals surface area contributed by atoms with E-state index in [-0.39, 0.29) is 0 Å². The number of nitrogens with one attached hydrogen (secondary N) is 1. The van der Waals surface area contributed by atoms with Gasteiger partial charge in [-0.25, -0.2) is 4.98 Å². The van der Waals surface area contributed by atoms with Crippen LogP contribution in [0.25, 0.3) is 0 Å². The average molecular weight is 267 g/mol. The lowest BCUT2D eigenvalue weighted by Gasteiger charge is -2.19.